The summed E-state index contributed by atoms with van der Waals surface area (Å²) in [7, 11) is 0. The van der Waals surface area contributed by atoms with Gasteiger partial charge in [0.1, 0.15) is 17.7 Å². The third-order valence-electron chi connectivity index (χ3n) is 3.71. The smallest absolute Gasteiger partial charge is 0.142 e. The van der Waals surface area contributed by atoms with Crippen molar-refractivity contribution in [3.63, 3.8) is 0 Å². The maximum Gasteiger partial charge on any atom is 0.142 e. The predicted molar refractivity (Wildman–Crippen MR) is 98.2 cm³/mol. The molecule has 0 saturated carbocycles. The van der Waals surface area contributed by atoms with Gasteiger partial charge in [-0.3, -0.25) is 4.98 Å². The first-order valence-electron chi connectivity index (χ1n) is 7.88. The minimum absolute atomic E-state index is 0.664. The molecular weight excluding hydrogens is 332 g/mol. The van der Waals surface area contributed by atoms with E-state index < -0.39 is 0 Å². The molecule has 0 aliphatic carbocycles. The van der Waals surface area contributed by atoms with Crippen LogP contribution in [0.15, 0.2) is 66.7 Å². The quantitative estimate of drug-likeness (QED) is 0.578. The van der Waals surface area contributed by atoms with E-state index in [1.54, 1.807) is 30.2 Å². The van der Waals surface area contributed by atoms with Crippen molar-refractivity contribution in [1.82, 2.24) is 24.7 Å². The number of nitrogens with zero attached hydrogens (tertiary/aromatic N) is 5. The van der Waals surface area contributed by atoms with E-state index in [0.717, 1.165) is 27.6 Å². The third-order valence-corrected chi connectivity index (χ3v) is 4.63. The van der Waals surface area contributed by atoms with Gasteiger partial charge in [0.05, 0.1) is 24.5 Å². The van der Waals surface area contributed by atoms with Crippen LogP contribution in [0, 0.1) is 0 Å². The van der Waals surface area contributed by atoms with Crippen LogP contribution in [0.2, 0.25) is 0 Å². The van der Waals surface area contributed by atoms with Crippen LogP contribution in [0.25, 0.3) is 10.7 Å². The minimum atomic E-state index is 0.664. The summed E-state index contributed by atoms with van der Waals surface area (Å²) < 4.78 is 1.81. The summed E-state index contributed by atoms with van der Waals surface area (Å²) in [6, 6.07) is 14.1. The normalized spacial score (nSPS) is 10.7. The number of rotatable bonds is 6. The van der Waals surface area contributed by atoms with Gasteiger partial charge in [0, 0.05) is 17.3 Å². The molecule has 0 unspecified atom stereocenters. The van der Waals surface area contributed by atoms with Crippen LogP contribution in [-0.4, -0.2) is 24.7 Å². The summed E-state index contributed by atoms with van der Waals surface area (Å²) in [5, 5.41) is 10.6. The molecule has 0 spiro atoms. The highest BCUT2D eigenvalue weighted by Crippen LogP contribution is 2.22. The largest absolute Gasteiger partial charge is 0.379 e. The number of benzene rings is 1. The monoisotopic (exact) mass is 348 g/mol. The highest BCUT2D eigenvalue weighted by Gasteiger charge is 2.07. The van der Waals surface area contributed by atoms with Crippen LogP contribution in [0.3, 0.4) is 0 Å². The number of hydrogen-bond donors (Lipinski definition) is 1. The summed E-state index contributed by atoms with van der Waals surface area (Å²) in [5.41, 5.74) is 4.14. The number of thiazole rings is 1. The summed E-state index contributed by atoms with van der Waals surface area (Å²) in [6.07, 6.45) is 5.05. The number of anilines is 1. The van der Waals surface area contributed by atoms with E-state index in [-0.39, 0.29) is 0 Å². The Morgan fingerprint density at radius 1 is 1.08 bits per heavy atom. The zero-order chi connectivity index (χ0) is 16.9. The van der Waals surface area contributed by atoms with Crippen molar-refractivity contribution < 1.29 is 0 Å². The molecule has 0 bridgehead atoms. The maximum absolute atomic E-state index is 4.67. The van der Waals surface area contributed by atoms with Gasteiger partial charge in [-0.15, -0.1) is 11.3 Å². The molecule has 3 heterocycles. The standard InChI is InChI=1S/C18H16N6S/c1-2-6-16(14(5-1)10-24-13-19-12-22-24)21-9-15-11-25-18(23-15)17-7-3-4-8-20-17/h1-8,11-13,21H,9-10H2. The van der Waals surface area contributed by atoms with Crippen molar-refractivity contribution in [1.29, 1.82) is 0 Å². The Morgan fingerprint density at radius 3 is 2.84 bits per heavy atom. The Hall–Kier alpha value is -3.06. The van der Waals surface area contributed by atoms with Crippen LogP contribution in [0.4, 0.5) is 5.69 Å². The first-order chi connectivity index (χ1) is 12.4. The maximum atomic E-state index is 4.67. The fourth-order valence-electron chi connectivity index (χ4n) is 2.50. The molecule has 1 N–H and O–H groups in total. The molecule has 3 aromatic heterocycles. The van der Waals surface area contributed by atoms with Gasteiger partial charge in [0.15, 0.2) is 0 Å². The Labute approximate surface area is 149 Å². The molecule has 0 aliphatic heterocycles. The second-order valence-electron chi connectivity index (χ2n) is 5.46. The van der Waals surface area contributed by atoms with Gasteiger partial charge < -0.3 is 5.32 Å². The minimum Gasteiger partial charge on any atom is -0.379 e. The summed E-state index contributed by atoms with van der Waals surface area (Å²) in [4.78, 5) is 13.0. The van der Waals surface area contributed by atoms with E-state index in [1.165, 1.54) is 0 Å². The van der Waals surface area contributed by atoms with Crippen molar-refractivity contribution in [2.24, 2.45) is 0 Å². The highest BCUT2D eigenvalue weighted by atomic mass is 32.1. The number of pyridine rings is 1. The molecule has 25 heavy (non-hydrogen) atoms. The lowest BCUT2D eigenvalue weighted by molar-refractivity contribution is 0.685. The van der Waals surface area contributed by atoms with Crippen LogP contribution in [0.1, 0.15) is 11.3 Å². The second-order valence-corrected chi connectivity index (χ2v) is 6.32. The van der Waals surface area contributed by atoms with Crippen molar-refractivity contribution in [2.45, 2.75) is 13.1 Å². The van der Waals surface area contributed by atoms with E-state index in [0.29, 0.717) is 13.1 Å². The van der Waals surface area contributed by atoms with Crippen molar-refractivity contribution in [2.75, 3.05) is 5.32 Å². The van der Waals surface area contributed by atoms with Gasteiger partial charge in [0.2, 0.25) is 0 Å². The van der Waals surface area contributed by atoms with Crippen molar-refractivity contribution in [3.8, 4) is 10.7 Å². The zero-order valence-corrected chi connectivity index (χ0v) is 14.2. The first kappa shape index (κ1) is 15.5. The first-order valence-corrected chi connectivity index (χ1v) is 8.76. The SMILES string of the molecule is c1ccc(-c2nc(CNc3ccccc3Cn3cncn3)cs2)nc1. The van der Waals surface area contributed by atoms with Gasteiger partial charge in [-0.05, 0) is 23.8 Å². The molecule has 0 fully saturated rings. The Morgan fingerprint density at radius 2 is 2.00 bits per heavy atom. The average Bonchev–Trinajstić information content (AvgIpc) is 3.34. The molecule has 0 saturated heterocycles. The number of para-hydroxylation sites is 1. The molecule has 1 aromatic carbocycles. The molecule has 0 radical (unpaired) electrons. The fourth-order valence-corrected chi connectivity index (χ4v) is 3.30. The van der Waals surface area contributed by atoms with Gasteiger partial charge >= 0.3 is 0 Å². The number of aromatic nitrogens is 5. The van der Waals surface area contributed by atoms with Crippen LogP contribution in [0.5, 0.6) is 0 Å². The predicted octanol–water partition coefficient (Wildman–Crippen LogP) is 3.46. The zero-order valence-electron chi connectivity index (χ0n) is 13.4. The van der Waals surface area contributed by atoms with Gasteiger partial charge in [0.25, 0.3) is 0 Å². The van der Waals surface area contributed by atoms with Crippen molar-refractivity contribution in [3.05, 3.63) is 78.0 Å². The summed E-state index contributed by atoms with van der Waals surface area (Å²) in [5.74, 6) is 0. The van der Waals surface area contributed by atoms with E-state index in [9.17, 15) is 0 Å². The van der Waals surface area contributed by atoms with Crippen LogP contribution in [-0.2, 0) is 13.1 Å². The lowest BCUT2D eigenvalue weighted by atomic mass is 10.1. The van der Waals surface area contributed by atoms with Gasteiger partial charge in [-0.25, -0.2) is 14.6 Å². The fraction of sp³-hybridized carbons (Fsp3) is 0.111. The van der Waals surface area contributed by atoms with E-state index in [1.807, 2.05) is 35.0 Å². The summed E-state index contributed by atoms with van der Waals surface area (Å²) >= 11 is 1.61. The molecule has 4 aromatic rings. The second kappa shape index (κ2) is 7.23. The number of hydrogen-bond acceptors (Lipinski definition) is 6. The molecule has 0 amide bonds. The third kappa shape index (κ3) is 3.72. The molecule has 6 nitrogen and oxygen atoms in total. The van der Waals surface area contributed by atoms with E-state index >= 15 is 0 Å². The molecule has 7 heteroatoms. The lowest BCUT2D eigenvalue weighted by Gasteiger charge is -2.11. The van der Waals surface area contributed by atoms with Gasteiger partial charge in [-0.2, -0.15) is 5.10 Å². The molecule has 124 valence electrons. The summed E-state index contributed by atoms with van der Waals surface area (Å²) in [6.45, 7) is 1.34. The Balaban J connectivity index is 1.46. The Kier molecular flexibility index (Phi) is 4.47. The van der Waals surface area contributed by atoms with Crippen LogP contribution >= 0.6 is 11.3 Å². The van der Waals surface area contributed by atoms with Gasteiger partial charge in [-0.1, -0.05) is 24.3 Å². The van der Waals surface area contributed by atoms with Crippen molar-refractivity contribution >= 4 is 17.0 Å². The average molecular weight is 348 g/mol. The topological polar surface area (TPSA) is 68.5 Å². The Bertz CT molecular complexity index is 933. The van der Waals surface area contributed by atoms with E-state index in [2.05, 4.69) is 42.9 Å². The molecular formula is C18H16N6S. The molecule has 0 atom stereocenters. The highest BCUT2D eigenvalue weighted by molar-refractivity contribution is 7.13. The lowest BCUT2D eigenvalue weighted by Crippen LogP contribution is -2.06. The van der Waals surface area contributed by atoms with E-state index in [4.69, 9.17) is 0 Å². The van der Waals surface area contributed by atoms with Crippen LogP contribution < -0.4 is 5.32 Å². The number of nitrogens with one attached hydrogen (secondary N) is 1. The molecule has 4 rings (SSSR count). The molecule has 0 aliphatic rings.